The summed E-state index contributed by atoms with van der Waals surface area (Å²) in [6.45, 7) is 0. The number of nitrogens with one attached hydrogen (secondary N) is 2. The quantitative estimate of drug-likeness (QED) is 0.719. The minimum absolute atomic E-state index is 0.189. The Labute approximate surface area is 154 Å². The van der Waals surface area contributed by atoms with E-state index in [9.17, 15) is 4.79 Å². The molecule has 0 saturated heterocycles. The fourth-order valence-corrected chi connectivity index (χ4v) is 3.59. The van der Waals surface area contributed by atoms with Gasteiger partial charge in [0.1, 0.15) is 17.1 Å². The standard InChI is InChI=1S/C18H17N5O2S/c1-25-15-4-2-3-12-13(15)6-7-14(12)21-16-8-5-11(9-19-16)17(24)22-18-23-20-10-26-18/h2-5,8-10,14H,6-7H2,1H3,(H,19,21)(H,22,23,24). The smallest absolute Gasteiger partial charge is 0.259 e. The van der Waals surface area contributed by atoms with E-state index >= 15 is 0 Å². The van der Waals surface area contributed by atoms with Gasteiger partial charge in [-0.05, 0) is 42.2 Å². The zero-order valence-corrected chi connectivity index (χ0v) is 14.9. The van der Waals surface area contributed by atoms with Crippen molar-refractivity contribution in [2.75, 3.05) is 17.7 Å². The highest BCUT2D eigenvalue weighted by Gasteiger charge is 2.25. The number of carbonyl (C=O) groups excluding carboxylic acids is 1. The van der Waals surface area contributed by atoms with Crippen LogP contribution in [0.5, 0.6) is 5.75 Å². The summed E-state index contributed by atoms with van der Waals surface area (Å²) in [6.07, 6.45) is 3.51. The number of anilines is 2. The molecule has 0 radical (unpaired) electrons. The summed E-state index contributed by atoms with van der Waals surface area (Å²) in [4.78, 5) is 16.5. The van der Waals surface area contributed by atoms with Gasteiger partial charge in [-0.3, -0.25) is 10.1 Å². The van der Waals surface area contributed by atoms with E-state index < -0.39 is 0 Å². The van der Waals surface area contributed by atoms with Gasteiger partial charge in [-0.25, -0.2) is 4.98 Å². The maximum Gasteiger partial charge on any atom is 0.259 e. The first kappa shape index (κ1) is 16.5. The van der Waals surface area contributed by atoms with Crippen molar-refractivity contribution in [1.82, 2.24) is 15.2 Å². The molecule has 3 aromatic rings. The number of hydrogen-bond donors (Lipinski definition) is 2. The predicted octanol–water partition coefficient (Wildman–Crippen LogP) is 3.29. The van der Waals surface area contributed by atoms with Crippen molar-refractivity contribution in [1.29, 1.82) is 0 Å². The molecule has 0 aliphatic heterocycles. The van der Waals surface area contributed by atoms with Gasteiger partial charge in [-0.15, -0.1) is 10.2 Å². The maximum atomic E-state index is 12.2. The molecule has 1 amide bonds. The second kappa shape index (κ2) is 7.09. The van der Waals surface area contributed by atoms with Gasteiger partial charge in [0.05, 0.1) is 18.7 Å². The van der Waals surface area contributed by atoms with Gasteiger partial charge in [0, 0.05) is 6.20 Å². The number of rotatable bonds is 5. The van der Waals surface area contributed by atoms with Gasteiger partial charge in [0.25, 0.3) is 5.91 Å². The van der Waals surface area contributed by atoms with E-state index in [-0.39, 0.29) is 11.9 Å². The number of aromatic nitrogens is 3. The van der Waals surface area contributed by atoms with Crippen LogP contribution in [0.25, 0.3) is 0 Å². The number of benzene rings is 1. The highest BCUT2D eigenvalue weighted by molar-refractivity contribution is 7.13. The molecule has 1 unspecified atom stereocenters. The lowest BCUT2D eigenvalue weighted by Crippen LogP contribution is -2.13. The number of carbonyl (C=O) groups is 1. The fraction of sp³-hybridized carbons (Fsp3) is 0.222. The Morgan fingerprint density at radius 1 is 1.31 bits per heavy atom. The molecule has 1 atom stereocenters. The Morgan fingerprint density at radius 2 is 2.23 bits per heavy atom. The SMILES string of the molecule is COc1cccc2c1CCC2Nc1ccc(C(=O)Nc2nncs2)cn1. The summed E-state index contributed by atoms with van der Waals surface area (Å²) in [5.41, 5.74) is 4.53. The summed E-state index contributed by atoms with van der Waals surface area (Å²) in [6, 6.07) is 9.86. The molecule has 4 rings (SSSR count). The second-order valence-electron chi connectivity index (χ2n) is 5.89. The molecule has 2 N–H and O–H groups in total. The van der Waals surface area contributed by atoms with E-state index in [4.69, 9.17) is 4.74 Å². The number of ether oxygens (including phenoxy) is 1. The van der Waals surface area contributed by atoms with E-state index in [1.165, 1.54) is 22.5 Å². The van der Waals surface area contributed by atoms with Crippen LogP contribution in [0, 0.1) is 0 Å². The Kier molecular flexibility index (Phi) is 4.49. The molecule has 1 aromatic carbocycles. The lowest BCUT2D eigenvalue weighted by atomic mass is 10.1. The van der Waals surface area contributed by atoms with Crippen LogP contribution in [0.2, 0.25) is 0 Å². The third kappa shape index (κ3) is 3.23. The van der Waals surface area contributed by atoms with Crippen molar-refractivity contribution < 1.29 is 9.53 Å². The predicted molar refractivity (Wildman–Crippen MR) is 99.8 cm³/mol. The minimum atomic E-state index is -0.253. The molecule has 2 aromatic heterocycles. The van der Waals surface area contributed by atoms with Crippen molar-refractivity contribution in [3.05, 3.63) is 58.7 Å². The van der Waals surface area contributed by atoms with Crippen molar-refractivity contribution >= 4 is 28.2 Å². The molecule has 132 valence electrons. The Bertz CT molecular complexity index is 912. The number of methoxy groups -OCH3 is 1. The van der Waals surface area contributed by atoms with Crippen LogP contribution < -0.4 is 15.4 Å². The number of nitrogens with zero attached hydrogens (tertiary/aromatic N) is 3. The van der Waals surface area contributed by atoms with Crippen LogP contribution in [-0.4, -0.2) is 28.2 Å². The lowest BCUT2D eigenvalue weighted by molar-refractivity contribution is 0.102. The van der Waals surface area contributed by atoms with Gasteiger partial charge in [-0.1, -0.05) is 23.5 Å². The molecule has 0 saturated carbocycles. The first-order valence-electron chi connectivity index (χ1n) is 8.20. The van der Waals surface area contributed by atoms with Crippen LogP contribution in [0.3, 0.4) is 0 Å². The largest absolute Gasteiger partial charge is 0.496 e. The average Bonchev–Trinajstić information content (AvgIpc) is 3.32. The highest BCUT2D eigenvalue weighted by Crippen LogP contribution is 2.38. The summed E-state index contributed by atoms with van der Waals surface area (Å²) >= 11 is 1.27. The first-order valence-corrected chi connectivity index (χ1v) is 9.08. The van der Waals surface area contributed by atoms with Gasteiger partial charge in [0.15, 0.2) is 0 Å². The van der Waals surface area contributed by atoms with Gasteiger partial charge >= 0.3 is 0 Å². The third-order valence-electron chi connectivity index (χ3n) is 4.38. The summed E-state index contributed by atoms with van der Waals surface area (Å²) < 4.78 is 5.44. The molecular formula is C18H17N5O2S. The van der Waals surface area contributed by atoms with Crippen LogP contribution in [0.1, 0.15) is 33.9 Å². The maximum absolute atomic E-state index is 12.2. The van der Waals surface area contributed by atoms with E-state index in [0.29, 0.717) is 10.7 Å². The molecule has 8 heteroatoms. The van der Waals surface area contributed by atoms with Crippen LogP contribution >= 0.6 is 11.3 Å². The van der Waals surface area contributed by atoms with E-state index in [2.05, 4.69) is 31.9 Å². The Hall–Kier alpha value is -3.00. The molecule has 1 aliphatic rings. The zero-order valence-electron chi connectivity index (χ0n) is 14.1. The average molecular weight is 367 g/mol. The molecule has 7 nitrogen and oxygen atoms in total. The van der Waals surface area contributed by atoms with Crippen LogP contribution in [0.4, 0.5) is 10.9 Å². The van der Waals surface area contributed by atoms with Crippen LogP contribution in [0.15, 0.2) is 42.0 Å². The third-order valence-corrected chi connectivity index (χ3v) is 4.98. The van der Waals surface area contributed by atoms with Crippen molar-refractivity contribution in [3.63, 3.8) is 0 Å². The lowest BCUT2D eigenvalue weighted by Gasteiger charge is -2.15. The topological polar surface area (TPSA) is 89.0 Å². The van der Waals surface area contributed by atoms with E-state index in [1.807, 2.05) is 18.2 Å². The number of hydrogen-bond acceptors (Lipinski definition) is 7. The second-order valence-corrected chi connectivity index (χ2v) is 6.73. The summed E-state index contributed by atoms with van der Waals surface area (Å²) in [7, 11) is 1.70. The fourth-order valence-electron chi connectivity index (χ4n) is 3.15. The highest BCUT2D eigenvalue weighted by atomic mass is 32.1. The van der Waals surface area contributed by atoms with Crippen molar-refractivity contribution in [2.24, 2.45) is 0 Å². The molecule has 0 fully saturated rings. The summed E-state index contributed by atoms with van der Waals surface area (Å²) in [5.74, 6) is 1.42. The van der Waals surface area contributed by atoms with Crippen molar-refractivity contribution in [2.45, 2.75) is 18.9 Å². The van der Waals surface area contributed by atoms with Gasteiger partial charge in [0.2, 0.25) is 5.13 Å². The molecular weight excluding hydrogens is 350 g/mol. The number of fused-ring (bicyclic) bond motifs is 1. The molecule has 2 heterocycles. The first-order chi connectivity index (χ1) is 12.7. The Balaban J connectivity index is 1.45. The zero-order chi connectivity index (χ0) is 17.9. The normalized spacial score (nSPS) is 15.3. The molecule has 0 spiro atoms. The minimum Gasteiger partial charge on any atom is -0.496 e. The molecule has 1 aliphatic carbocycles. The van der Waals surface area contributed by atoms with Crippen molar-refractivity contribution in [3.8, 4) is 5.75 Å². The number of amides is 1. The Morgan fingerprint density at radius 3 is 2.96 bits per heavy atom. The molecule has 0 bridgehead atoms. The monoisotopic (exact) mass is 367 g/mol. The van der Waals surface area contributed by atoms with Crippen LogP contribution in [-0.2, 0) is 6.42 Å². The van der Waals surface area contributed by atoms with E-state index in [0.717, 1.165) is 24.4 Å². The summed E-state index contributed by atoms with van der Waals surface area (Å²) in [5, 5.41) is 14.1. The number of pyridine rings is 1. The molecule has 26 heavy (non-hydrogen) atoms. The van der Waals surface area contributed by atoms with Gasteiger partial charge < -0.3 is 10.1 Å². The van der Waals surface area contributed by atoms with Gasteiger partial charge in [-0.2, -0.15) is 0 Å². The van der Waals surface area contributed by atoms with E-state index in [1.54, 1.807) is 24.9 Å².